The van der Waals surface area contributed by atoms with Gasteiger partial charge in [-0.1, -0.05) is 28.9 Å². The smallest absolute Gasteiger partial charge is 0.227 e. The van der Waals surface area contributed by atoms with Crippen LogP contribution in [0.25, 0.3) is 11.4 Å². The van der Waals surface area contributed by atoms with Crippen molar-refractivity contribution in [3.05, 3.63) is 59.4 Å². The highest BCUT2D eigenvalue weighted by Crippen LogP contribution is 2.23. The fourth-order valence-corrected chi connectivity index (χ4v) is 2.38. The lowest BCUT2D eigenvalue weighted by molar-refractivity contribution is -0.116. The van der Waals surface area contributed by atoms with Gasteiger partial charge in [0.2, 0.25) is 17.6 Å². The average Bonchev–Trinajstić information content (AvgIpc) is 3.10. The Labute approximate surface area is 149 Å². The molecule has 0 saturated heterocycles. The molecule has 6 nitrogen and oxygen atoms in total. The van der Waals surface area contributed by atoms with Crippen molar-refractivity contribution in [2.45, 2.75) is 12.8 Å². The first-order valence-corrected chi connectivity index (χ1v) is 8.05. The lowest BCUT2D eigenvalue weighted by atomic mass is 10.2. The van der Waals surface area contributed by atoms with Crippen molar-refractivity contribution in [2.24, 2.45) is 0 Å². The second-order valence-corrected chi connectivity index (χ2v) is 5.70. The van der Waals surface area contributed by atoms with Crippen LogP contribution in [0.5, 0.6) is 5.75 Å². The standard InChI is InChI=1S/C18H16ClN3O3/c1-24-15-5-3-2-4-14(15)20-16(23)10-11-17-21-18(22-25-17)12-6-8-13(19)9-7-12/h2-9H,10-11H2,1H3,(H,20,23). The van der Waals surface area contributed by atoms with Crippen LogP contribution in [0.4, 0.5) is 5.69 Å². The molecular formula is C18H16ClN3O3. The molecular weight excluding hydrogens is 342 g/mol. The molecule has 3 aromatic rings. The van der Waals surface area contributed by atoms with E-state index < -0.39 is 0 Å². The minimum absolute atomic E-state index is 0.157. The van der Waals surface area contributed by atoms with Gasteiger partial charge in [-0.25, -0.2) is 0 Å². The largest absolute Gasteiger partial charge is 0.495 e. The van der Waals surface area contributed by atoms with Gasteiger partial charge in [0, 0.05) is 23.4 Å². The van der Waals surface area contributed by atoms with Crippen LogP contribution in [0.3, 0.4) is 0 Å². The summed E-state index contributed by atoms with van der Waals surface area (Å²) in [5, 5.41) is 7.37. The van der Waals surface area contributed by atoms with E-state index in [1.165, 1.54) is 0 Å². The van der Waals surface area contributed by atoms with Gasteiger partial charge in [0.1, 0.15) is 5.75 Å². The minimum Gasteiger partial charge on any atom is -0.495 e. The zero-order chi connectivity index (χ0) is 17.6. The summed E-state index contributed by atoms with van der Waals surface area (Å²) < 4.78 is 10.4. The molecule has 7 heteroatoms. The van der Waals surface area contributed by atoms with Crippen LogP contribution < -0.4 is 10.1 Å². The van der Waals surface area contributed by atoms with Crippen molar-refractivity contribution >= 4 is 23.2 Å². The minimum atomic E-state index is -0.157. The molecule has 0 radical (unpaired) electrons. The van der Waals surface area contributed by atoms with E-state index in [1.807, 2.05) is 24.3 Å². The first kappa shape index (κ1) is 17.0. The number of carbonyl (C=O) groups is 1. The number of ether oxygens (including phenoxy) is 1. The second kappa shape index (κ2) is 7.81. The predicted molar refractivity (Wildman–Crippen MR) is 94.7 cm³/mol. The molecule has 0 aliphatic rings. The Bertz CT molecular complexity index is 862. The van der Waals surface area contributed by atoms with Gasteiger partial charge >= 0.3 is 0 Å². The molecule has 0 spiro atoms. The van der Waals surface area contributed by atoms with Crippen LogP contribution in [0, 0.1) is 0 Å². The van der Waals surface area contributed by atoms with E-state index in [4.69, 9.17) is 20.9 Å². The van der Waals surface area contributed by atoms with Gasteiger partial charge in [0.25, 0.3) is 0 Å². The average molecular weight is 358 g/mol. The molecule has 0 saturated carbocycles. The predicted octanol–water partition coefficient (Wildman–Crippen LogP) is 3.97. The van der Waals surface area contributed by atoms with E-state index in [0.29, 0.717) is 34.6 Å². The molecule has 1 N–H and O–H groups in total. The maximum absolute atomic E-state index is 12.1. The van der Waals surface area contributed by atoms with Crippen molar-refractivity contribution in [3.63, 3.8) is 0 Å². The Kier molecular flexibility index (Phi) is 5.30. The summed E-state index contributed by atoms with van der Waals surface area (Å²) in [6.45, 7) is 0. The van der Waals surface area contributed by atoms with E-state index in [-0.39, 0.29) is 12.3 Å². The number of para-hydroxylation sites is 2. The number of hydrogen-bond donors (Lipinski definition) is 1. The van der Waals surface area contributed by atoms with Crippen molar-refractivity contribution in [2.75, 3.05) is 12.4 Å². The number of anilines is 1. The summed E-state index contributed by atoms with van der Waals surface area (Å²) in [5.74, 6) is 1.33. The van der Waals surface area contributed by atoms with Crippen LogP contribution in [0.1, 0.15) is 12.3 Å². The van der Waals surface area contributed by atoms with Gasteiger partial charge in [0.15, 0.2) is 0 Å². The molecule has 3 rings (SSSR count). The van der Waals surface area contributed by atoms with Gasteiger partial charge in [-0.2, -0.15) is 4.98 Å². The molecule has 0 fully saturated rings. The number of aryl methyl sites for hydroxylation is 1. The van der Waals surface area contributed by atoms with Gasteiger partial charge in [0.05, 0.1) is 12.8 Å². The summed E-state index contributed by atoms with van der Waals surface area (Å²) in [6, 6.07) is 14.4. The number of nitrogens with one attached hydrogen (secondary N) is 1. The monoisotopic (exact) mass is 357 g/mol. The molecule has 0 unspecified atom stereocenters. The molecule has 1 aromatic heterocycles. The Hall–Kier alpha value is -2.86. The number of carbonyl (C=O) groups excluding carboxylic acids is 1. The number of benzene rings is 2. The molecule has 0 atom stereocenters. The highest BCUT2D eigenvalue weighted by atomic mass is 35.5. The Morgan fingerprint density at radius 2 is 1.96 bits per heavy atom. The third kappa shape index (κ3) is 4.36. The lowest BCUT2D eigenvalue weighted by Gasteiger charge is -2.08. The van der Waals surface area contributed by atoms with Crippen LogP contribution in [-0.4, -0.2) is 23.2 Å². The molecule has 2 aromatic carbocycles. The molecule has 128 valence electrons. The number of amides is 1. The zero-order valence-electron chi connectivity index (χ0n) is 13.5. The van der Waals surface area contributed by atoms with Crippen molar-refractivity contribution in [3.8, 4) is 17.1 Å². The number of aromatic nitrogens is 2. The lowest BCUT2D eigenvalue weighted by Crippen LogP contribution is -2.13. The van der Waals surface area contributed by atoms with Crippen molar-refractivity contribution < 1.29 is 14.1 Å². The van der Waals surface area contributed by atoms with E-state index in [1.54, 1.807) is 31.4 Å². The van der Waals surface area contributed by atoms with Gasteiger partial charge in [-0.05, 0) is 36.4 Å². The van der Waals surface area contributed by atoms with E-state index in [0.717, 1.165) is 5.56 Å². The summed E-state index contributed by atoms with van der Waals surface area (Å²) >= 11 is 5.86. The third-order valence-corrected chi connectivity index (χ3v) is 3.77. The van der Waals surface area contributed by atoms with Crippen molar-refractivity contribution in [1.82, 2.24) is 10.1 Å². The van der Waals surface area contributed by atoms with E-state index in [2.05, 4.69) is 15.5 Å². The molecule has 0 aliphatic carbocycles. The van der Waals surface area contributed by atoms with Crippen molar-refractivity contribution in [1.29, 1.82) is 0 Å². The summed E-state index contributed by atoms with van der Waals surface area (Å²) in [6.07, 6.45) is 0.571. The maximum Gasteiger partial charge on any atom is 0.227 e. The Morgan fingerprint density at radius 1 is 1.20 bits per heavy atom. The molecule has 25 heavy (non-hydrogen) atoms. The number of hydrogen-bond acceptors (Lipinski definition) is 5. The Balaban J connectivity index is 1.58. The highest BCUT2D eigenvalue weighted by Gasteiger charge is 2.12. The first-order valence-electron chi connectivity index (χ1n) is 7.67. The number of nitrogens with zero attached hydrogens (tertiary/aromatic N) is 2. The third-order valence-electron chi connectivity index (χ3n) is 3.52. The molecule has 1 heterocycles. The second-order valence-electron chi connectivity index (χ2n) is 5.27. The van der Waals surface area contributed by atoms with Gasteiger partial charge in [-0.15, -0.1) is 0 Å². The van der Waals surface area contributed by atoms with Gasteiger partial charge < -0.3 is 14.6 Å². The van der Waals surface area contributed by atoms with Gasteiger partial charge in [-0.3, -0.25) is 4.79 Å². The number of rotatable bonds is 6. The maximum atomic E-state index is 12.1. The number of halogens is 1. The summed E-state index contributed by atoms with van der Waals surface area (Å²) in [5.41, 5.74) is 1.43. The molecule has 1 amide bonds. The first-order chi connectivity index (χ1) is 12.2. The van der Waals surface area contributed by atoms with Crippen LogP contribution in [0.2, 0.25) is 5.02 Å². The van der Waals surface area contributed by atoms with Crippen LogP contribution in [-0.2, 0) is 11.2 Å². The number of methoxy groups -OCH3 is 1. The normalized spacial score (nSPS) is 10.5. The molecule has 0 aliphatic heterocycles. The topological polar surface area (TPSA) is 77.2 Å². The zero-order valence-corrected chi connectivity index (χ0v) is 14.3. The summed E-state index contributed by atoms with van der Waals surface area (Å²) in [7, 11) is 1.56. The molecule has 0 bridgehead atoms. The summed E-state index contributed by atoms with van der Waals surface area (Å²) in [4.78, 5) is 16.4. The Morgan fingerprint density at radius 3 is 2.72 bits per heavy atom. The quantitative estimate of drug-likeness (QED) is 0.722. The highest BCUT2D eigenvalue weighted by molar-refractivity contribution is 6.30. The van der Waals surface area contributed by atoms with Crippen LogP contribution >= 0.6 is 11.6 Å². The fraction of sp³-hybridized carbons (Fsp3) is 0.167. The SMILES string of the molecule is COc1ccccc1NC(=O)CCc1nc(-c2ccc(Cl)cc2)no1. The fourth-order valence-electron chi connectivity index (χ4n) is 2.25. The van der Waals surface area contributed by atoms with E-state index in [9.17, 15) is 4.79 Å². The van der Waals surface area contributed by atoms with E-state index >= 15 is 0 Å². The van der Waals surface area contributed by atoms with Crippen LogP contribution in [0.15, 0.2) is 53.1 Å².